The molecule has 0 aliphatic carbocycles. The van der Waals surface area contributed by atoms with E-state index in [4.69, 9.17) is 5.73 Å². The van der Waals surface area contributed by atoms with Crippen LogP contribution < -0.4 is 22.3 Å². The van der Waals surface area contributed by atoms with Crippen LogP contribution >= 0.6 is 0 Å². The van der Waals surface area contributed by atoms with Gasteiger partial charge in [-0.1, -0.05) is 0 Å². The Morgan fingerprint density at radius 1 is 1.53 bits per heavy atom. The highest BCUT2D eigenvalue weighted by molar-refractivity contribution is 5.68. The lowest BCUT2D eigenvalue weighted by Gasteiger charge is -2.11. The average molecular weight is 210 g/mol. The Morgan fingerprint density at radius 2 is 2.27 bits per heavy atom. The lowest BCUT2D eigenvalue weighted by Crippen LogP contribution is -2.32. The maximum atomic E-state index is 11.3. The maximum Gasteiger partial charge on any atom is 0.327 e. The van der Waals surface area contributed by atoms with E-state index in [0.717, 1.165) is 0 Å². The second kappa shape index (κ2) is 3.33. The van der Waals surface area contributed by atoms with E-state index < -0.39 is 17.5 Å². The van der Waals surface area contributed by atoms with Gasteiger partial charge >= 0.3 is 5.69 Å². The monoisotopic (exact) mass is 210 g/mol. The van der Waals surface area contributed by atoms with Gasteiger partial charge in [-0.25, -0.2) is 9.78 Å². The molecule has 2 rings (SSSR count). The van der Waals surface area contributed by atoms with Gasteiger partial charge in [-0.2, -0.15) is 0 Å². The number of aromatic nitrogens is 4. The first-order valence-corrected chi connectivity index (χ1v) is 4.25. The summed E-state index contributed by atoms with van der Waals surface area (Å²) in [7, 11) is 1.65. The number of aromatic amines is 2. The van der Waals surface area contributed by atoms with Crippen molar-refractivity contribution in [2.45, 2.75) is 6.29 Å². The average Bonchev–Trinajstić information content (AvgIpc) is 2.60. The molecule has 0 aliphatic rings. The van der Waals surface area contributed by atoms with Gasteiger partial charge in [0.05, 0.1) is 6.33 Å². The molecule has 0 saturated heterocycles. The molecule has 0 aliphatic heterocycles. The molecule has 2 aromatic heterocycles. The summed E-state index contributed by atoms with van der Waals surface area (Å²) in [4.78, 5) is 30.8. The lowest BCUT2D eigenvalue weighted by molar-refractivity contribution is 0.462. The Morgan fingerprint density at radius 3 is 2.93 bits per heavy atom. The first-order chi connectivity index (χ1) is 7.13. The van der Waals surface area contributed by atoms with Crippen molar-refractivity contribution in [3.63, 3.8) is 0 Å². The fourth-order valence-electron chi connectivity index (χ4n) is 1.30. The number of nitrogens with one attached hydrogen (secondary N) is 3. The highest BCUT2D eigenvalue weighted by Crippen LogP contribution is 2.05. The van der Waals surface area contributed by atoms with Gasteiger partial charge in [0.1, 0.15) is 11.9 Å². The number of H-pyrrole nitrogens is 2. The first-order valence-electron chi connectivity index (χ1n) is 4.25. The zero-order valence-electron chi connectivity index (χ0n) is 7.94. The largest absolute Gasteiger partial charge is 0.327 e. The van der Waals surface area contributed by atoms with Gasteiger partial charge in [0.15, 0.2) is 5.52 Å². The van der Waals surface area contributed by atoms with E-state index in [0.29, 0.717) is 5.65 Å². The van der Waals surface area contributed by atoms with Crippen LogP contribution in [-0.2, 0) is 0 Å². The Labute approximate surface area is 83.1 Å². The zero-order valence-corrected chi connectivity index (χ0v) is 7.94. The molecule has 0 spiro atoms. The summed E-state index contributed by atoms with van der Waals surface area (Å²) in [5.74, 6) is 0. The number of rotatable bonds is 2. The van der Waals surface area contributed by atoms with E-state index in [1.54, 1.807) is 7.05 Å². The molecule has 2 aromatic rings. The van der Waals surface area contributed by atoms with Crippen molar-refractivity contribution in [2.75, 3.05) is 7.05 Å². The molecular formula is C7H10N6O2. The van der Waals surface area contributed by atoms with E-state index in [-0.39, 0.29) is 5.52 Å². The van der Waals surface area contributed by atoms with Crippen LogP contribution in [0, 0.1) is 0 Å². The van der Waals surface area contributed by atoms with Crippen LogP contribution in [-0.4, -0.2) is 26.6 Å². The van der Waals surface area contributed by atoms with E-state index in [1.807, 2.05) is 0 Å². The highest BCUT2D eigenvalue weighted by atomic mass is 16.2. The number of hydrogen-bond donors (Lipinski definition) is 4. The topological polar surface area (TPSA) is 122 Å². The molecule has 5 N–H and O–H groups in total. The van der Waals surface area contributed by atoms with Crippen LogP contribution in [0.3, 0.4) is 0 Å². The SMILES string of the molecule is CNC(N)n1cnc2c(=O)[nH]c(=O)[nH]c21. The van der Waals surface area contributed by atoms with Gasteiger partial charge < -0.3 is 0 Å². The summed E-state index contributed by atoms with van der Waals surface area (Å²) in [6.45, 7) is 0. The predicted molar refractivity (Wildman–Crippen MR) is 53.3 cm³/mol. The van der Waals surface area contributed by atoms with Gasteiger partial charge in [-0.15, -0.1) is 0 Å². The van der Waals surface area contributed by atoms with Gasteiger partial charge in [0, 0.05) is 0 Å². The lowest BCUT2D eigenvalue weighted by atomic mass is 10.5. The minimum atomic E-state index is -0.586. The molecule has 0 bridgehead atoms. The van der Waals surface area contributed by atoms with Crippen molar-refractivity contribution >= 4 is 11.2 Å². The smallest absolute Gasteiger partial charge is 0.298 e. The van der Waals surface area contributed by atoms with Gasteiger partial charge in [0.2, 0.25) is 0 Å². The second-order valence-corrected chi connectivity index (χ2v) is 2.99. The molecule has 0 amide bonds. The van der Waals surface area contributed by atoms with Crippen molar-refractivity contribution < 1.29 is 0 Å². The number of hydrogen-bond acceptors (Lipinski definition) is 5. The molecule has 1 atom stereocenters. The summed E-state index contributed by atoms with van der Waals surface area (Å²) in [6.07, 6.45) is 0.837. The van der Waals surface area contributed by atoms with E-state index >= 15 is 0 Å². The third-order valence-corrected chi connectivity index (χ3v) is 2.06. The number of fused-ring (bicyclic) bond motifs is 1. The molecule has 1 unspecified atom stereocenters. The molecule has 0 radical (unpaired) electrons. The summed E-state index contributed by atoms with van der Waals surface area (Å²) in [5.41, 5.74) is 5.02. The quantitative estimate of drug-likeness (QED) is 0.429. The van der Waals surface area contributed by atoms with Crippen molar-refractivity contribution in [2.24, 2.45) is 5.73 Å². The van der Waals surface area contributed by atoms with E-state index in [1.165, 1.54) is 10.9 Å². The van der Waals surface area contributed by atoms with E-state index in [9.17, 15) is 9.59 Å². The molecule has 2 heterocycles. The van der Waals surface area contributed by atoms with E-state index in [2.05, 4.69) is 20.3 Å². The molecule has 8 heteroatoms. The molecule has 15 heavy (non-hydrogen) atoms. The summed E-state index contributed by atoms with van der Waals surface area (Å²) in [6, 6.07) is 0. The molecule has 0 fully saturated rings. The van der Waals surface area contributed by atoms with Crippen molar-refractivity contribution in [1.82, 2.24) is 24.8 Å². The summed E-state index contributed by atoms with van der Waals surface area (Å²) >= 11 is 0. The van der Waals surface area contributed by atoms with Gasteiger partial charge in [-0.05, 0) is 7.05 Å². The van der Waals surface area contributed by atoms with Gasteiger partial charge in [0.25, 0.3) is 5.56 Å². The Kier molecular flexibility index (Phi) is 2.14. The normalized spacial score (nSPS) is 13.2. The van der Waals surface area contributed by atoms with Crippen LogP contribution in [0.5, 0.6) is 0 Å². The van der Waals surface area contributed by atoms with Crippen LogP contribution in [0.2, 0.25) is 0 Å². The summed E-state index contributed by atoms with van der Waals surface area (Å²) in [5, 5.41) is 2.76. The van der Waals surface area contributed by atoms with Crippen LogP contribution in [0.25, 0.3) is 11.2 Å². The Balaban J connectivity index is 2.80. The second-order valence-electron chi connectivity index (χ2n) is 2.99. The fraction of sp³-hybridized carbons (Fsp3) is 0.286. The minimum absolute atomic E-state index is 0.153. The summed E-state index contributed by atoms with van der Waals surface area (Å²) < 4.78 is 1.46. The van der Waals surface area contributed by atoms with Crippen molar-refractivity contribution in [3.05, 3.63) is 27.2 Å². The van der Waals surface area contributed by atoms with Gasteiger partial charge in [-0.3, -0.25) is 30.4 Å². The van der Waals surface area contributed by atoms with Crippen molar-refractivity contribution in [1.29, 1.82) is 0 Å². The number of nitrogens with zero attached hydrogens (tertiary/aromatic N) is 2. The third kappa shape index (κ3) is 1.45. The standard InChI is InChI=1S/C7H10N6O2/c1-9-6(8)13-2-10-3-4(13)11-7(15)12-5(3)14/h2,6,9H,8H2,1H3,(H2,11,12,14,15). The third-order valence-electron chi connectivity index (χ3n) is 2.06. The number of imidazole rings is 1. The predicted octanol–water partition coefficient (Wildman–Crippen LogP) is -1.95. The number of nitrogens with two attached hydrogens (primary N) is 1. The van der Waals surface area contributed by atoms with Crippen LogP contribution in [0.1, 0.15) is 6.29 Å². The Hall–Kier alpha value is -1.93. The fourth-order valence-corrected chi connectivity index (χ4v) is 1.30. The minimum Gasteiger partial charge on any atom is -0.298 e. The first kappa shape index (κ1) is 9.62. The molecule has 0 aromatic carbocycles. The van der Waals surface area contributed by atoms with Crippen LogP contribution in [0.15, 0.2) is 15.9 Å². The molecule has 8 nitrogen and oxygen atoms in total. The van der Waals surface area contributed by atoms with Crippen LogP contribution in [0.4, 0.5) is 0 Å². The maximum absolute atomic E-state index is 11.3. The molecular weight excluding hydrogens is 200 g/mol. The Bertz CT molecular complexity index is 593. The molecule has 0 saturated carbocycles. The zero-order chi connectivity index (χ0) is 11.0. The highest BCUT2D eigenvalue weighted by Gasteiger charge is 2.11. The van der Waals surface area contributed by atoms with Crippen molar-refractivity contribution in [3.8, 4) is 0 Å². The molecule has 80 valence electrons.